The highest BCUT2D eigenvalue weighted by molar-refractivity contribution is 5.96. The standard InChI is InChI=1S/C15H12N4O5/c16-11-4-10(5-12(6-11)19(21)22)15(20)18-17-7-9-1-2-13-14(3-9)24-8-23-13/h1-7H,8,16H2,(H,18,20)/b17-7+. The number of carbonyl (C=O) groups excluding carboxylic acids is 1. The van der Waals surface area contributed by atoms with Gasteiger partial charge in [0.05, 0.1) is 16.7 Å². The van der Waals surface area contributed by atoms with Gasteiger partial charge in [0, 0.05) is 17.8 Å². The van der Waals surface area contributed by atoms with Gasteiger partial charge in [-0.05, 0) is 29.8 Å². The normalized spacial score (nSPS) is 12.3. The van der Waals surface area contributed by atoms with Crippen molar-refractivity contribution in [3.63, 3.8) is 0 Å². The van der Waals surface area contributed by atoms with E-state index >= 15 is 0 Å². The molecule has 0 unspecified atom stereocenters. The molecule has 0 atom stereocenters. The van der Waals surface area contributed by atoms with E-state index in [2.05, 4.69) is 10.5 Å². The van der Waals surface area contributed by atoms with E-state index in [0.717, 1.165) is 6.07 Å². The summed E-state index contributed by atoms with van der Waals surface area (Å²) in [5.74, 6) is 0.627. The monoisotopic (exact) mass is 328 g/mol. The van der Waals surface area contributed by atoms with Gasteiger partial charge in [-0.3, -0.25) is 14.9 Å². The van der Waals surface area contributed by atoms with Crippen molar-refractivity contribution in [2.24, 2.45) is 5.10 Å². The van der Waals surface area contributed by atoms with Crippen molar-refractivity contribution in [2.75, 3.05) is 12.5 Å². The second-order valence-corrected chi connectivity index (χ2v) is 4.88. The third-order valence-corrected chi connectivity index (χ3v) is 3.19. The average molecular weight is 328 g/mol. The summed E-state index contributed by atoms with van der Waals surface area (Å²) in [6.07, 6.45) is 1.42. The number of nitro groups is 1. The highest BCUT2D eigenvalue weighted by Crippen LogP contribution is 2.31. The lowest BCUT2D eigenvalue weighted by atomic mass is 10.1. The topological polar surface area (TPSA) is 129 Å². The molecule has 24 heavy (non-hydrogen) atoms. The number of fused-ring (bicyclic) bond motifs is 1. The van der Waals surface area contributed by atoms with Crippen LogP contribution < -0.4 is 20.6 Å². The van der Waals surface area contributed by atoms with Crippen molar-refractivity contribution in [1.29, 1.82) is 0 Å². The minimum Gasteiger partial charge on any atom is -0.454 e. The summed E-state index contributed by atoms with van der Waals surface area (Å²) >= 11 is 0. The quantitative estimate of drug-likeness (QED) is 0.380. The smallest absolute Gasteiger partial charge is 0.272 e. The van der Waals surface area contributed by atoms with Crippen LogP contribution in [-0.2, 0) is 0 Å². The maximum atomic E-state index is 12.0. The van der Waals surface area contributed by atoms with Crippen molar-refractivity contribution < 1.29 is 19.2 Å². The lowest BCUT2D eigenvalue weighted by Crippen LogP contribution is -2.18. The molecule has 9 heteroatoms. The number of ether oxygens (including phenoxy) is 2. The number of nitrogens with two attached hydrogens (primary N) is 1. The molecule has 9 nitrogen and oxygen atoms in total. The van der Waals surface area contributed by atoms with Crippen molar-refractivity contribution in [3.05, 3.63) is 57.6 Å². The first-order valence-electron chi connectivity index (χ1n) is 6.81. The van der Waals surface area contributed by atoms with Gasteiger partial charge >= 0.3 is 0 Å². The molecule has 1 amide bonds. The first-order valence-corrected chi connectivity index (χ1v) is 6.81. The first-order chi connectivity index (χ1) is 11.5. The minimum absolute atomic E-state index is 0.0459. The van der Waals surface area contributed by atoms with Gasteiger partial charge in [-0.2, -0.15) is 5.10 Å². The van der Waals surface area contributed by atoms with E-state index in [1.54, 1.807) is 18.2 Å². The predicted octanol–water partition coefficient (Wildman–Crippen LogP) is 1.67. The largest absolute Gasteiger partial charge is 0.454 e. The highest BCUT2D eigenvalue weighted by Gasteiger charge is 2.14. The summed E-state index contributed by atoms with van der Waals surface area (Å²) in [7, 11) is 0. The number of non-ortho nitro benzene ring substituents is 1. The van der Waals surface area contributed by atoms with Crippen LogP contribution in [0.5, 0.6) is 11.5 Å². The van der Waals surface area contributed by atoms with E-state index in [-0.39, 0.29) is 23.7 Å². The van der Waals surface area contributed by atoms with E-state index in [9.17, 15) is 14.9 Å². The third-order valence-electron chi connectivity index (χ3n) is 3.19. The molecule has 122 valence electrons. The van der Waals surface area contributed by atoms with Crippen LogP contribution in [0.15, 0.2) is 41.5 Å². The molecule has 0 bridgehead atoms. The average Bonchev–Trinajstić information content (AvgIpc) is 3.01. The molecule has 0 radical (unpaired) electrons. The second-order valence-electron chi connectivity index (χ2n) is 4.88. The first kappa shape index (κ1) is 15.3. The molecule has 0 saturated carbocycles. The number of rotatable bonds is 4. The Balaban J connectivity index is 1.70. The third kappa shape index (κ3) is 3.24. The number of carbonyl (C=O) groups is 1. The van der Waals surface area contributed by atoms with Crippen molar-refractivity contribution in [1.82, 2.24) is 5.43 Å². The van der Waals surface area contributed by atoms with Gasteiger partial charge in [-0.25, -0.2) is 5.43 Å². The van der Waals surface area contributed by atoms with Gasteiger partial charge in [0.2, 0.25) is 6.79 Å². The number of benzene rings is 2. The van der Waals surface area contributed by atoms with Crippen molar-refractivity contribution >= 4 is 23.5 Å². The Morgan fingerprint density at radius 3 is 2.83 bits per heavy atom. The van der Waals surface area contributed by atoms with Crippen LogP contribution in [0.3, 0.4) is 0 Å². The summed E-state index contributed by atoms with van der Waals surface area (Å²) in [5, 5.41) is 14.6. The summed E-state index contributed by atoms with van der Waals surface area (Å²) in [6.45, 7) is 0.168. The number of nitro benzene ring substituents is 1. The lowest BCUT2D eigenvalue weighted by Gasteiger charge is -2.02. The van der Waals surface area contributed by atoms with Crippen LogP contribution >= 0.6 is 0 Å². The Labute approximate surface area is 135 Å². The van der Waals surface area contributed by atoms with Gasteiger partial charge in [0.15, 0.2) is 11.5 Å². The molecule has 1 aliphatic rings. The summed E-state index contributed by atoms with van der Waals surface area (Å²) in [6, 6.07) is 8.82. The highest BCUT2D eigenvalue weighted by atomic mass is 16.7. The summed E-state index contributed by atoms with van der Waals surface area (Å²) < 4.78 is 10.4. The van der Waals surface area contributed by atoms with E-state index < -0.39 is 10.8 Å². The SMILES string of the molecule is Nc1cc(C(=O)N/N=C/c2ccc3c(c2)OCO3)cc([N+](=O)[O-])c1. The van der Waals surface area contributed by atoms with Gasteiger partial charge in [0.1, 0.15) is 0 Å². The van der Waals surface area contributed by atoms with Crippen molar-refractivity contribution in [3.8, 4) is 11.5 Å². The van der Waals surface area contributed by atoms with Crippen LogP contribution in [0.25, 0.3) is 0 Å². The van der Waals surface area contributed by atoms with Gasteiger partial charge in [-0.15, -0.1) is 0 Å². The van der Waals surface area contributed by atoms with E-state index in [0.29, 0.717) is 17.1 Å². The molecule has 2 aromatic carbocycles. The molecule has 1 aliphatic heterocycles. The number of hydrazone groups is 1. The van der Waals surface area contributed by atoms with Crippen LogP contribution in [-0.4, -0.2) is 23.8 Å². The van der Waals surface area contributed by atoms with Gasteiger partial charge in [0.25, 0.3) is 11.6 Å². The van der Waals surface area contributed by atoms with Crippen molar-refractivity contribution in [2.45, 2.75) is 0 Å². The molecular weight excluding hydrogens is 316 g/mol. The number of nitrogen functional groups attached to an aromatic ring is 1. The van der Waals surface area contributed by atoms with Gasteiger partial charge < -0.3 is 15.2 Å². The van der Waals surface area contributed by atoms with Crippen LogP contribution in [0, 0.1) is 10.1 Å². The molecule has 0 aromatic heterocycles. The molecule has 0 saturated heterocycles. The van der Waals surface area contributed by atoms with Gasteiger partial charge in [-0.1, -0.05) is 0 Å². The zero-order chi connectivity index (χ0) is 17.1. The number of amides is 1. The minimum atomic E-state index is -0.622. The molecular formula is C15H12N4O5. The Bertz CT molecular complexity index is 850. The number of hydrogen-bond donors (Lipinski definition) is 2. The molecule has 0 spiro atoms. The Kier molecular flexibility index (Phi) is 3.98. The molecule has 0 fully saturated rings. The second kappa shape index (κ2) is 6.24. The fraction of sp³-hybridized carbons (Fsp3) is 0.0667. The Hall–Kier alpha value is -3.62. The molecule has 1 heterocycles. The van der Waals surface area contributed by atoms with Crippen LogP contribution in [0.1, 0.15) is 15.9 Å². The van der Waals surface area contributed by atoms with E-state index in [4.69, 9.17) is 15.2 Å². The molecule has 0 aliphatic carbocycles. The molecule has 3 N–H and O–H groups in total. The van der Waals surface area contributed by atoms with Crippen LogP contribution in [0.2, 0.25) is 0 Å². The Morgan fingerprint density at radius 2 is 2.04 bits per heavy atom. The van der Waals surface area contributed by atoms with Crippen LogP contribution in [0.4, 0.5) is 11.4 Å². The number of nitrogens with one attached hydrogen (secondary N) is 1. The predicted molar refractivity (Wildman–Crippen MR) is 85.1 cm³/mol. The zero-order valence-corrected chi connectivity index (χ0v) is 12.3. The summed E-state index contributed by atoms with van der Waals surface area (Å²) in [5.41, 5.74) is 8.44. The fourth-order valence-corrected chi connectivity index (χ4v) is 2.09. The molecule has 2 aromatic rings. The maximum absolute atomic E-state index is 12.0. The molecule has 3 rings (SSSR count). The number of anilines is 1. The summed E-state index contributed by atoms with van der Waals surface area (Å²) in [4.78, 5) is 22.2. The van der Waals surface area contributed by atoms with E-state index in [1.807, 2.05) is 0 Å². The fourth-order valence-electron chi connectivity index (χ4n) is 2.09. The van der Waals surface area contributed by atoms with E-state index in [1.165, 1.54) is 18.3 Å². The zero-order valence-electron chi connectivity index (χ0n) is 12.3. The number of nitrogens with zero attached hydrogens (tertiary/aromatic N) is 2. The lowest BCUT2D eigenvalue weighted by molar-refractivity contribution is -0.384. The Morgan fingerprint density at radius 1 is 1.25 bits per heavy atom. The maximum Gasteiger partial charge on any atom is 0.272 e. The number of hydrogen-bond acceptors (Lipinski definition) is 7.